The van der Waals surface area contributed by atoms with Gasteiger partial charge >= 0.3 is 12.1 Å². The number of methoxy groups -OCH3 is 4. The molecule has 2 atom stereocenters. The van der Waals surface area contributed by atoms with Gasteiger partial charge in [0.1, 0.15) is 28.8 Å². The molecule has 0 unspecified atom stereocenters. The second-order valence-corrected chi connectivity index (χ2v) is 12.9. The normalized spacial score (nSPS) is 15.8. The second-order valence-electron chi connectivity index (χ2n) is 12.9. The Hall–Kier alpha value is -5.41. The standard InChI is InChI=1S/C38H45FN2O12/c1-38(2,3)53-37(45)41-17-9-12-28(27(20-41)40-35(43)25-18-30(48-6)34(51-22-47-5)31(19-25)49-7)52-36(44)24-15-13-23(14-16-24)33(42)32-26(39)10-8-11-29(32)50-21-46-4/h8,10-11,13-16,18-19,27-28H,9,12,17,20-22H2,1-7H3,(H,40,43)/t27-,28-/m1/s1. The SMILES string of the molecule is COCOc1cccc(F)c1C(=O)c1ccc(C(=O)O[C@@H]2CCCN(C(=O)OC(C)(C)C)C[C@H]2NC(=O)c2cc(OC)c(OCOC)c(OC)c2)cc1. The molecule has 1 aliphatic heterocycles. The van der Waals surface area contributed by atoms with Gasteiger partial charge in [-0.05, 0) is 70.0 Å². The van der Waals surface area contributed by atoms with Gasteiger partial charge < -0.3 is 48.1 Å². The van der Waals surface area contributed by atoms with Crippen LogP contribution in [-0.4, -0.2) is 102 Å². The number of hydrogen-bond donors (Lipinski definition) is 1. The third-order valence-corrected chi connectivity index (χ3v) is 7.97. The Labute approximate surface area is 307 Å². The Kier molecular flexibility index (Phi) is 14.0. The fraction of sp³-hybridized carbons (Fsp3) is 0.421. The van der Waals surface area contributed by atoms with E-state index in [2.05, 4.69) is 5.32 Å². The maximum absolute atomic E-state index is 14.7. The Bertz CT molecular complexity index is 1730. The molecule has 1 saturated heterocycles. The number of benzene rings is 3. The zero-order valence-electron chi connectivity index (χ0n) is 30.8. The van der Waals surface area contributed by atoms with Gasteiger partial charge in [-0.1, -0.05) is 18.2 Å². The number of hydrogen-bond acceptors (Lipinski definition) is 12. The first-order valence-electron chi connectivity index (χ1n) is 16.7. The monoisotopic (exact) mass is 740 g/mol. The van der Waals surface area contributed by atoms with Crippen LogP contribution < -0.4 is 24.3 Å². The lowest BCUT2D eigenvalue weighted by atomic mass is 10.0. The van der Waals surface area contributed by atoms with E-state index in [4.69, 9.17) is 37.9 Å². The molecule has 1 fully saturated rings. The van der Waals surface area contributed by atoms with Crippen LogP contribution in [0, 0.1) is 5.82 Å². The van der Waals surface area contributed by atoms with Gasteiger partial charge in [-0.3, -0.25) is 9.59 Å². The van der Waals surface area contributed by atoms with Crippen molar-refractivity contribution in [2.45, 2.75) is 51.4 Å². The van der Waals surface area contributed by atoms with Crippen molar-refractivity contribution in [2.75, 3.05) is 55.1 Å². The van der Waals surface area contributed by atoms with E-state index in [1.165, 1.54) is 81.9 Å². The quantitative estimate of drug-likeness (QED) is 0.128. The van der Waals surface area contributed by atoms with E-state index < -0.39 is 47.3 Å². The maximum Gasteiger partial charge on any atom is 0.410 e. The molecule has 53 heavy (non-hydrogen) atoms. The van der Waals surface area contributed by atoms with Gasteiger partial charge in [0, 0.05) is 38.4 Å². The number of amides is 2. The number of ether oxygens (including phenoxy) is 8. The molecule has 0 radical (unpaired) electrons. The zero-order valence-corrected chi connectivity index (χ0v) is 30.8. The number of carbonyl (C=O) groups excluding carboxylic acids is 4. The summed E-state index contributed by atoms with van der Waals surface area (Å²) in [6.45, 7) is 5.20. The fourth-order valence-electron chi connectivity index (χ4n) is 5.50. The van der Waals surface area contributed by atoms with Gasteiger partial charge in [-0.2, -0.15) is 0 Å². The number of rotatable bonds is 14. The van der Waals surface area contributed by atoms with Crippen LogP contribution in [0.2, 0.25) is 0 Å². The summed E-state index contributed by atoms with van der Waals surface area (Å²) >= 11 is 0. The number of nitrogens with one attached hydrogen (secondary N) is 1. The van der Waals surface area contributed by atoms with Crippen LogP contribution >= 0.6 is 0 Å². The van der Waals surface area contributed by atoms with Crippen molar-refractivity contribution in [2.24, 2.45) is 0 Å². The minimum atomic E-state index is -0.882. The van der Waals surface area contributed by atoms with Crippen molar-refractivity contribution in [1.29, 1.82) is 0 Å². The Morgan fingerprint density at radius 3 is 2.06 bits per heavy atom. The molecule has 3 aromatic carbocycles. The van der Waals surface area contributed by atoms with Crippen LogP contribution in [0.3, 0.4) is 0 Å². The molecule has 4 rings (SSSR count). The summed E-state index contributed by atoms with van der Waals surface area (Å²) in [7, 11) is 5.67. The average Bonchev–Trinajstić information content (AvgIpc) is 3.33. The average molecular weight is 741 g/mol. The predicted octanol–water partition coefficient (Wildman–Crippen LogP) is 5.39. The van der Waals surface area contributed by atoms with E-state index in [1.54, 1.807) is 20.8 Å². The molecule has 1 aliphatic rings. The molecule has 0 bridgehead atoms. The van der Waals surface area contributed by atoms with Gasteiger partial charge in [0.15, 0.2) is 30.9 Å². The number of halogens is 1. The molecular weight excluding hydrogens is 695 g/mol. The first kappa shape index (κ1) is 40.4. The van der Waals surface area contributed by atoms with Crippen molar-refractivity contribution in [3.05, 3.63) is 82.7 Å². The number of esters is 1. The summed E-state index contributed by atoms with van der Waals surface area (Å²) < 4.78 is 58.0. The van der Waals surface area contributed by atoms with Crippen molar-refractivity contribution in [3.63, 3.8) is 0 Å². The predicted molar refractivity (Wildman–Crippen MR) is 188 cm³/mol. The molecule has 0 aromatic heterocycles. The maximum atomic E-state index is 14.7. The number of nitrogens with zero attached hydrogens (tertiary/aromatic N) is 1. The number of ketones is 1. The Morgan fingerprint density at radius 2 is 1.45 bits per heavy atom. The third-order valence-electron chi connectivity index (χ3n) is 7.97. The Morgan fingerprint density at radius 1 is 0.830 bits per heavy atom. The number of carbonyl (C=O) groups is 4. The van der Waals surface area contributed by atoms with E-state index in [0.29, 0.717) is 12.8 Å². The highest BCUT2D eigenvalue weighted by Crippen LogP contribution is 2.38. The molecule has 0 aliphatic carbocycles. The molecular formula is C38H45FN2O12. The van der Waals surface area contributed by atoms with E-state index >= 15 is 0 Å². The summed E-state index contributed by atoms with van der Waals surface area (Å²) in [5.74, 6) is -2.08. The van der Waals surface area contributed by atoms with E-state index in [0.717, 1.165) is 6.07 Å². The highest BCUT2D eigenvalue weighted by Gasteiger charge is 2.35. The van der Waals surface area contributed by atoms with Crippen molar-refractivity contribution >= 4 is 23.8 Å². The van der Waals surface area contributed by atoms with Crippen LogP contribution in [-0.2, 0) is 18.9 Å². The minimum absolute atomic E-state index is 0.00877. The van der Waals surface area contributed by atoms with Crippen LogP contribution in [0.15, 0.2) is 54.6 Å². The smallest absolute Gasteiger partial charge is 0.410 e. The first-order chi connectivity index (χ1) is 25.3. The van der Waals surface area contributed by atoms with Crippen molar-refractivity contribution in [1.82, 2.24) is 10.2 Å². The van der Waals surface area contributed by atoms with Crippen LogP contribution in [0.5, 0.6) is 23.0 Å². The summed E-state index contributed by atoms with van der Waals surface area (Å²) in [4.78, 5) is 55.2. The molecule has 286 valence electrons. The van der Waals surface area contributed by atoms with E-state index in [9.17, 15) is 23.6 Å². The molecule has 1 heterocycles. The summed E-state index contributed by atoms with van der Waals surface area (Å²) in [5.41, 5.74) is -0.700. The van der Waals surface area contributed by atoms with Crippen molar-refractivity contribution < 1.29 is 61.5 Å². The van der Waals surface area contributed by atoms with Gasteiger partial charge in [-0.25, -0.2) is 14.0 Å². The highest BCUT2D eigenvalue weighted by molar-refractivity contribution is 6.11. The van der Waals surface area contributed by atoms with Crippen LogP contribution in [0.4, 0.5) is 9.18 Å². The summed E-state index contributed by atoms with van der Waals surface area (Å²) in [5, 5.41) is 2.92. The van der Waals surface area contributed by atoms with Crippen LogP contribution in [0.1, 0.15) is 70.3 Å². The molecule has 15 heteroatoms. The lowest BCUT2D eigenvalue weighted by Gasteiger charge is -2.30. The largest absolute Gasteiger partial charge is 0.493 e. The topological polar surface area (TPSA) is 157 Å². The highest BCUT2D eigenvalue weighted by atomic mass is 19.1. The first-order valence-corrected chi connectivity index (χ1v) is 16.7. The van der Waals surface area contributed by atoms with Gasteiger partial charge in [-0.15, -0.1) is 0 Å². The molecule has 0 spiro atoms. The molecule has 3 aromatic rings. The van der Waals surface area contributed by atoms with Gasteiger partial charge in [0.2, 0.25) is 5.75 Å². The molecule has 1 N–H and O–H groups in total. The lowest BCUT2D eigenvalue weighted by molar-refractivity contribution is 0.0127. The van der Waals surface area contributed by atoms with Crippen LogP contribution in [0.25, 0.3) is 0 Å². The Balaban J connectivity index is 1.58. The van der Waals surface area contributed by atoms with Crippen molar-refractivity contribution in [3.8, 4) is 23.0 Å². The second kappa shape index (κ2) is 18.4. The summed E-state index contributed by atoms with van der Waals surface area (Å²) in [6.07, 6.45) is -0.745. The van der Waals surface area contributed by atoms with E-state index in [1.807, 2.05) is 0 Å². The molecule has 14 nitrogen and oxygen atoms in total. The fourth-order valence-corrected chi connectivity index (χ4v) is 5.50. The molecule has 2 amide bonds. The van der Waals surface area contributed by atoms with E-state index in [-0.39, 0.29) is 71.9 Å². The minimum Gasteiger partial charge on any atom is -0.493 e. The lowest BCUT2D eigenvalue weighted by Crippen LogP contribution is -2.51. The third kappa shape index (κ3) is 10.6. The number of likely N-dealkylation sites (tertiary alicyclic amines) is 1. The van der Waals surface area contributed by atoms with Gasteiger partial charge in [0.05, 0.1) is 25.8 Å². The van der Waals surface area contributed by atoms with Gasteiger partial charge in [0.25, 0.3) is 5.91 Å². The zero-order chi connectivity index (χ0) is 38.7. The molecule has 0 saturated carbocycles. The summed E-state index contributed by atoms with van der Waals surface area (Å²) in [6, 6.07) is 11.6.